The van der Waals surface area contributed by atoms with Crippen LogP contribution in [0.4, 0.5) is 0 Å². The molecule has 112 valence electrons. The lowest BCUT2D eigenvalue weighted by Crippen LogP contribution is -2.45. The van der Waals surface area contributed by atoms with Crippen molar-refractivity contribution in [1.29, 1.82) is 0 Å². The fraction of sp³-hybridized carbons (Fsp3) is 0.467. The summed E-state index contributed by atoms with van der Waals surface area (Å²) >= 11 is 3.53. The highest BCUT2D eigenvalue weighted by atomic mass is 79.9. The Labute approximate surface area is 132 Å². The van der Waals surface area contributed by atoms with Gasteiger partial charge < -0.3 is 9.84 Å². The summed E-state index contributed by atoms with van der Waals surface area (Å²) in [7, 11) is 0. The van der Waals surface area contributed by atoms with Crippen LogP contribution in [0.25, 0.3) is 11.5 Å². The zero-order valence-electron chi connectivity index (χ0n) is 12.1. The van der Waals surface area contributed by atoms with E-state index in [9.17, 15) is 0 Å². The third-order valence-electron chi connectivity index (χ3n) is 3.82. The molecule has 1 saturated heterocycles. The molecule has 6 heteroatoms. The van der Waals surface area contributed by atoms with Crippen molar-refractivity contribution in [3.63, 3.8) is 0 Å². The number of hydrogen-bond donors (Lipinski definition) is 1. The van der Waals surface area contributed by atoms with Crippen molar-refractivity contribution >= 4 is 15.9 Å². The lowest BCUT2D eigenvalue weighted by atomic mass is 10.1. The molecule has 1 aromatic carbocycles. The second-order valence-corrected chi connectivity index (χ2v) is 6.00. The average Bonchev–Trinajstić information content (AvgIpc) is 2.99. The molecule has 1 N–H and O–H groups in total. The maximum absolute atomic E-state index is 5.47. The number of benzene rings is 1. The van der Waals surface area contributed by atoms with Crippen LogP contribution < -0.4 is 5.32 Å². The molecular formula is C15H19BrN4O. The van der Waals surface area contributed by atoms with E-state index in [4.69, 9.17) is 4.52 Å². The highest BCUT2D eigenvalue weighted by Gasteiger charge is 2.25. The molecule has 1 aliphatic rings. The van der Waals surface area contributed by atoms with Crippen LogP contribution in [0.15, 0.2) is 33.3 Å². The first kappa shape index (κ1) is 14.7. The summed E-state index contributed by atoms with van der Waals surface area (Å²) in [6.07, 6.45) is 0.981. The SMILES string of the molecule is CCC(c1noc(-c2ccccc2Br)n1)N1CCNCC1. The predicted octanol–water partition coefficient (Wildman–Crippen LogP) is 2.86. The summed E-state index contributed by atoms with van der Waals surface area (Å²) in [4.78, 5) is 7.04. The van der Waals surface area contributed by atoms with Crippen LogP contribution in [0.1, 0.15) is 25.2 Å². The first-order valence-corrected chi connectivity index (χ1v) is 8.12. The van der Waals surface area contributed by atoms with E-state index in [0.29, 0.717) is 5.89 Å². The standard InChI is InChI=1S/C15H19BrN4O/c1-2-13(20-9-7-17-8-10-20)14-18-15(21-19-14)11-5-3-4-6-12(11)16/h3-6,13,17H,2,7-10H2,1H3. The molecule has 21 heavy (non-hydrogen) atoms. The molecule has 0 bridgehead atoms. The molecule has 1 fully saturated rings. The minimum Gasteiger partial charge on any atom is -0.334 e. The monoisotopic (exact) mass is 350 g/mol. The molecule has 1 aromatic heterocycles. The fourth-order valence-corrected chi connectivity index (χ4v) is 3.17. The Kier molecular flexibility index (Phi) is 4.67. The normalized spacial score (nSPS) is 17.8. The van der Waals surface area contributed by atoms with Gasteiger partial charge in [0.1, 0.15) is 0 Å². The summed E-state index contributed by atoms with van der Waals surface area (Å²) in [6.45, 7) is 6.26. The molecule has 0 radical (unpaired) electrons. The molecule has 0 amide bonds. The third-order valence-corrected chi connectivity index (χ3v) is 4.51. The first-order valence-electron chi connectivity index (χ1n) is 7.33. The molecule has 0 spiro atoms. The summed E-state index contributed by atoms with van der Waals surface area (Å²) in [6, 6.07) is 8.13. The Bertz CT molecular complexity index is 595. The van der Waals surface area contributed by atoms with Crippen LogP contribution in [-0.2, 0) is 0 Å². The first-order chi connectivity index (χ1) is 10.3. The molecule has 2 heterocycles. The van der Waals surface area contributed by atoms with Gasteiger partial charge in [0.05, 0.1) is 11.6 Å². The van der Waals surface area contributed by atoms with E-state index in [1.807, 2.05) is 24.3 Å². The van der Waals surface area contributed by atoms with Gasteiger partial charge >= 0.3 is 0 Å². The Hall–Kier alpha value is -1.24. The van der Waals surface area contributed by atoms with Gasteiger partial charge in [-0.3, -0.25) is 4.90 Å². The largest absolute Gasteiger partial charge is 0.334 e. The lowest BCUT2D eigenvalue weighted by molar-refractivity contribution is 0.160. The van der Waals surface area contributed by atoms with Crippen LogP contribution in [0.3, 0.4) is 0 Å². The lowest BCUT2D eigenvalue weighted by Gasteiger charge is -2.32. The molecule has 2 aromatic rings. The van der Waals surface area contributed by atoms with Crippen molar-refractivity contribution in [3.8, 4) is 11.5 Å². The van der Waals surface area contributed by atoms with Gasteiger partial charge in [0.15, 0.2) is 5.82 Å². The van der Waals surface area contributed by atoms with Gasteiger partial charge in [0.2, 0.25) is 0 Å². The van der Waals surface area contributed by atoms with E-state index in [1.54, 1.807) is 0 Å². The van der Waals surface area contributed by atoms with Crippen LogP contribution in [0, 0.1) is 0 Å². The Morgan fingerprint density at radius 2 is 2.10 bits per heavy atom. The molecule has 0 aliphatic carbocycles. The summed E-state index contributed by atoms with van der Waals surface area (Å²) in [5.41, 5.74) is 0.936. The summed E-state index contributed by atoms with van der Waals surface area (Å²) in [5, 5.41) is 7.58. The Balaban J connectivity index is 1.84. The van der Waals surface area contributed by atoms with Crippen molar-refractivity contribution < 1.29 is 4.52 Å². The molecule has 5 nitrogen and oxygen atoms in total. The minimum absolute atomic E-state index is 0.229. The van der Waals surface area contributed by atoms with Crippen molar-refractivity contribution in [2.75, 3.05) is 26.2 Å². The van der Waals surface area contributed by atoms with Gasteiger partial charge in [-0.1, -0.05) is 24.2 Å². The van der Waals surface area contributed by atoms with Gasteiger partial charge in [-0.2, -0.15) is 4.98 Å². The second-order valence-electron chi connectivity index (χ2n) is 5.15. The quantitative estimate of drug-likeness (QED) is 0.918. The number of nitrogens with one attached hydrogen (secondary N) is 1. The van der Waals surface area contributed by atoms with Crippen LogP contribution in [-0.4, -0.2) is 41.2 Å². The van der Waals surface area contributed by atoms with Gasteiger partial charge in [-0.25, -0.2) is 0 Å². The molecule has 1 unspecified atom stereocenters. The molecule has 0 saturated carbocycles. The van der Waals surface area contributed by atoms with E-state index in [1.165, 1.54) is 0 Å². The van der Waals surface area contributed by atoms with Crippen LogP contribution in [0.5, 0.6) is 0 Å². The van der Waals surface area contributed by atoms with Gasteiger partial charge in [-0.15, -0.1) is 0 Å². The summed E-state index contributed by atoms with van der Waals surface area (Å²) < 4.78 is 6.44. The zero-order chi connectivity index (χ0) is 14.7. The third kappa shape index (κ3) is 3.17. The molecule has 3 rings (SSSR count). The van der Waals surface area contributed by atoms with Crippen molar-refractivity contribution in [1.82, 2.24) is 20.4 Å². The summed E-state index contributed by atoms with van der Waals surface area (Å²) in [5.74, 6) is 1.36. The van der Waals surface area contributed by atoms with Crippen molar-refractivity contribution in [2.24, 2.45) is 0 Å². The van der Waals surface area contributed by atoms with Crippen LogP contribution in [0.2, 0.25) is 0 Å². The number of aromatic nitrogens is 2. The zero-order valence-corrected chi connectivity index (χ0v) is 13.6. The predicted molar refractivity (Wildman–Crippen MR) is 84.9 cm³/mol. The second kappa shape index (κ2) is 6.68. The highest BCUT2D eigenvalue weighted by Crippen LogP contribution is 2.29. The maximum Gasteiger partial charge on any atom is 0.259 e. The topological polar surface area (TPSA) is 54.2 Å². The number of nitrogens with zero attached hydrogens (tertiary/aromatic N) is 3. The van der Waals surface area contributed by atoms with E-state index >= 15 is 0 Å². The Morgan fingerprint density at radius 1 is 1.33 bits per heavy atom. The van der Waals surface area contributed by atoms with Crippen molar-refractivity contribution in [3.05, 3.63) is 34.6 Å². The smallest absolute Gasteiger partial charge is 0.259 e. The van der Waals surface area contributed by atoms with E-state index in [2.05, 4.69) is 43.2 Å². The van der Waals surface area contributed by atoms with Gasteiger partial charge in [-0.05, 0) is 34.5 Å². The fourth-order valence-electron chi connectivity index (χ4n) is 2.71. The Morgan fingerprint density at radius 3 is 2.81 bits per heavy atom. The molecular weight excluding hydrogens is 332 g/mol. The minimum atomic E-state index is 0.229. The highest BCUT2D eigenvalue weighted by molar-refractivity contribution is 9.10. The van der Waals surface area contributed by atoms with E-state index in [0.717, 1.165) is 48.5 Å². The van der Waals surface area contributed by atoms with Gasteiger partial charge in [0, 0.05) is 30.7 Å². The number of piperazine rings is 1. The number of hydrogen-bond acceptors (Lipinski definition) is 5. The van der Waals surface area contributed by atoms with Gasteiger partial charge in [0.25, 0.3) is 5.89 Å². The molecule has 1 atom stereocenters. The average molecular weight is 351 g/mol. The van der Waals surface area contributed by atoms with Crippen molar-refractivity contribution in [2.45, 2.75) is 19.4 Å². The number of halogens is 1. The van der Waals surface area contributed by atoms with Crippen LogP contribution >= 0.6 is 15.9 Å². The maximum atomic E-state index is 5.47. The van der Waals surface area contributed by atoms with E-state index in [-0.39, 0.29) is 6.04 Å². The molecule has 1 aliphatic heterocycles. The number of rotatable bonds is 4. The van der Waals surface area contributed by atoms with E-state index < -0.39 is 0 Å².